The summed E-state index contributed by atoms with van der Waals surface area (Å²) < 4.78 is 0. The Morgan fingerprint density at radius 3 is 2.16 bits per heavy atom. The molecule has 3 amide bonds. The molecule has 8 heteroatoms. The van der Waals surface area contributed by atoms with Gasteiger partial charge < -0.3 is 0 Å². The van der Waals surface area contributed by atoms with Gasteiger partial charge in [0.2, 0.25) is 0 Å². The van der Waals surface area contributed by atoms with Crippen LogP contribution in [0, 0.1) is 33.8 Å². The van der Waals surface area contributed by atoms with E-state index < -0.39 is 34.5 Å². The molecule has 2 aromatic rings. The first-order chi connectivity index (χ1) is 15.0. The van der Waals surface area contributed by atoms with Gasteiger partial charge in [-0.1, -0.05) is 54.6 Å². The maximum absolute atomic E-state index is 13.5. The zero-order chi connectivity index (χ0) is 21.7. The van der Waals surface area contributed by atoms with Gasteiger partial charge in [-0.05, 0) is 29.9 Å². The molecule has 2 bridgehead atoms. The van der Waals surface area contributed by atoms with E-state index in [4.69, 9.17) is 0 Å². The van der Waals surface area contributed by atoms with Crippen molar-refractivity contribution < 1.29 is 19.3 Å². The van der Waals surface area contributed by atoms with E-state index >= 15 is 0 Å². The number of hydrogen-bond donors (Lipinski definition) is 0. The highest BCUT2D eigenvalue weighted by Gasteiger charge is 2.61. The standard InChI is InChI=1S/C23H19N3O5/c27-21(17-8-4-5-9-18(17)26(30)31)24(13-14-6-2-1-3-7-14)25-22(28)19-15-10-11-16(12-15)20(19)23(25)29/h1-11,15-16,19-20H,12-13H2/t15-,16-,19-,20+/m0/s1. The number of hydrogen-bond acceptors (Lipinski definition) is 5. The normalized spacial score (nSPS) is 25.7. The molecule has 0 N–H and O–H groups in total. The van der Waals surface area contributed by atoms with Gasteiger partial charge >= 0.3 is 0 Å². The highest BCUT2D eigenvalue weighted by atomic mass is 16.6. The van der Waals surface area contributed by atoms with Crippen molar-refractivity contribution in [1.29, 1.82) is 0 Å². The van der Waals surface area contributed by atoms with E-state index in [1.807, 2.05) is 18.2 Å². The van der Waals surface area contributed by atoms with Crippen LogP contribution in [0.15, 0.2) is 66.7 Å². The average molecular weight is 417 g/mol. The summed E-state index contributed by atoms with van der Waals surface area (Å²) in [5.74, 6) is -2.52. The largest absolute Gasteiger partial charge is 0.282 e. The Bertz CT molecular complexity index is 1100. The van der Waals surface area contributed by atoms with Gasteiger partial charge in [-0.25, -0.2) is 5.01 Å². The van der Waals surface area contributed by atoms with Crippen LogP contribution in [0.25, 0.3) is 0 Å². The molecule has 1 aliphatic heterocycles. The molecule has 156 valence electrons. The monoisotopic (exact) mass is 417 g/mol. The van der Waals surface area contributed by atoms with Crippen LogP contribution in [0.2, 0.25) is 0 Å². The molecule has 0 radical (unpaired) electrons. The maximum Gasteiger partial charge on any atom is 0.282 e. The van der Waals surface area contributed by atoms with Crippen molar-refractivity contribution in [3.63, 3.8) is 0 Å². The molecular formula is C23H19N3O5. The molecule has 3 aliphatic rings. The number of amides is 3. The number of imide groups is 1. The van der Waals surface area contributed by atoms with Crippen molar-refractivity contribution in [2.75, 3.05) is 0 Å². The molecule has 2 aliphatic carbocycles. The number of para-hydroxylation sites is 1. The second-order valence-corrected chi connectivity index (χ2v) is 8.11. The van der Waals surface area contributed by atoms with Crippen molar-refractivity contribution in [2.45, 2.75) is 13.0 Å². The highest BCUT2D eigenvalue weighted by Crippen LogP contribution is 2.53. The quantitative estimate of drug-likeness (QED) is 0.322. The van der Waals surface area contributed by atoms with Gasteiger partial charge in [0.25, 0.3) is 23.4 Å². The molecule has 8 nitrogen and oxygen atoms in total. The topological polar surface area (TPSA) is 101 Å². The summed E-state index contributed by atoms with van der Waals surface area (Å²) >= 11 is 0. The fourth-order valence-electron chi connectivity index (χ4n) is 5.07. The van der Waals surface area contributed by atoms with Crippen molar-refractivity contribution >= 4 is 23.4 Å². The van der Waals surface area contributed by atoms with E-state index in [-0.39, 0.29) is 29.6 Å². The molecule has 1 saturated carbocycles. The van der Waals surface area contributed by atoms with Crippen molar-refractivity contribution in [3.8, 4) is 0 Å². The Morgan fingerprint density at radius 1 is 0.968 bits per heavy atom. The predicted octanol–water partition coefficient (Wildman–Crippen LogP) is 2.96. The number of hydrazine groups is 1. The molecule has 0 unspecified atom stereocenters. The number of carbonyl (C=O) groups is 3. The lowest BCUT2D eigenvalue weighted by Crippen LogP contribution is -2.50. The number of nitrogens with zero attached hydrogens (tertiary/aromatic N) is 3. The van der Waals surface area contributed by atoms with Crippen molar-refractivity contribution in [3.05, 3.63) is 88.0 Å². The van der Waals surface area contributed by atoms with Gasteiger partial charge in [0.15, 0.2) is 0 Å². The lowest BCUT2D eigenvalue weighted by molar-refractivity contribution is -0.385. The summed E-state index contributed by atoms with van der Waals surface area (Å²) in [6.45, 7) is -0.0502. The molecule has 0 aromatic heterocycles. The smallest absolute Gasteiger partial charge is 0.272 e. The minimum Gasteiger partial charge on any atom is -0.272 e. The minimum atomic E-state index is -0.752. The summed E-state index contributed by atoms with van der Waals surface area (Å²) in [4.78, 5) is 51.0. The van der Waals surface area contributed by atoms with Crippen LogP contribution in [0.1, 0.15) is 22.3 Å². The fraction of sp³-hybridized carbons (Fsp3) is 0.261. The molecule has 4 atom stereocenters. The summed E-state index contributed by atoms with van der Waals surface area (Å²) in [5, 5.41) is 13.5. The van der Waals surface area contributed by atoms with Crippen LogP contribution in [-0.4, -0.2) is 32.7 Å². The van der Waals surface area contributed by atoms with Gasteiger partial charge in [0.05, 0.1) is 23.3 Å². The first kappa shape index (κ1) is 19.2. The van der Waals surface area contributed by atoms with E-state index in [9.17, 15) is 24.5 Å². The Balaban J connectivity index is 1.56. The number of rotatable bonds is 5. The first-order valence-electron chi connectivity index (χ1n) is 10.1. The van der Waals surface area contributed by atoms with Crippen molar-refractivity contribution in [2.24, 2.45) is 23.7 Å². The zero-order valence-electron chi connectivity index (χ0n) is 16.5. The number of carbonyl (C=O) groups excluding carboxylic acids is 3. The Kier molecular flexibility index (Phi) is 4.43. The number of allylic oxidation sites excluding steroid dienone is 2. The second-order valence-electron chi connectivity index (χ2n) is 8.11. The molecule has 0 spiro atoms. The number of benzene rings is 2. The maximum atomic E-state index is 13.5. The first-order valence-corrected chi connectivity index (χ1v) is 10.1. The van der Waals surface area contributed by atoms with Gasteiger partial charge in [-0.3, -0.25) is 24.5 Å². The third kappa shape index (κ3) is 2.94. The summed E-state index contributed by atoms with van der Waals surface area (Å²) in [7, 11) is 0. The number of fused-ring (bicyclic) bond motifs is 5. The van der Waals surface area contributed by atoms with Crippen LogP contribution in [0.5, 0.6) is 0 Å². The van der Waals surface area contributed by atoms with Gasteiger partial charge in [0.1, 0.15) is 5.56 Å². The van der Waals surface area contributed by atoms with E-state index in [0.29, 0.717) is 5.56 Å². The third-order valence-corrected chi connectivity index (χ3v) is 6.43. The molecule has 2 fully saturated rings. The van der Waals surface area contributed by atoms with Gasteiger partial charge in [0, 0.05) is 6.07 Å². The van der Waals surface area contributed by atoms with Gasteiger partial charge in [-0.15, -0.1) is 0 Å². The van der Waals surface area contributed by atoms with Crippen LogP contribution in [-0.2, 0) is 16.1 Å². The van der Waals surface area contributed by atoms with Crippen LogP contribution in [0.4, 0.5) is 5.69 Å². The minimum absolute atomic E-state index is 0.00353. The van der Waals surface area contributed by atoms with E-state index in [1.54, 1.807) is 24.3 Å². The fourth-order valence-corrected chi connectivity index (χ4v) is 5.07. The Labute approximate surface area is 177 Å². The zero-order valence-corrected chi connectivity index (χ0v) is 16.5. The molecule has 5 rings (SSSR count). The highest BCUT2D eigenvalue weighted by molar-refractivity contribution is 6.09. The molecule has 1 heterocycles. The number of nitro groups is 1. The predicted molar refractivity (Wildman–Crippen MR) is 109 cm³/mol. The summed E-state index contributed by atoms with van der Waals surface area (Å²) in [5.41, 5.74) is 0.168. The van der Waals surface area contributed by atoms with Crippen LogP contribution < -0.4 is 0 Å². The molecule has 31 heavy (non-hydrogen) atoms. The van der Waals surface area contributed by atoms with E-state index in [1.165, 1.54) is 24.3 Å². The van der Waals surface area contributed by atoms with Crippen LogP contribution in [0.3, 0.4) is 0 Å². The lowest BCUT2D eigenvalue weighted by Gasteiger charge is -2.31. The third-order valence-electron chi connectivity index (χ3n) is 6.43. The second kappa shape index (κ2) is 7.16. The summed E-state index contributed by atoms with van der Waals surface area (Å²) in [6.07, 6.45) is 4.73. The Hall–Kier alpha value is -3.81. The van der Waals surface area contributed by atoms with Crippen LogP contribution >= 0.6 is 0 Å². The molecule has 1 saturated heterocycles. The molecular weight excluding hydrogens is 398 g/mol. The van der Waals surface area contributed by atoms with Gasteiger partial charge in [-0.2, -0.15) is 5.01 Å². The SMILES string of the molecule is O=C(c1ccccc1[N+](=O)[O-])N(Cc1ccccc1)N1C(=O)[C@@H]2[C@H](C1=O)[C@H]1C=C[C@H]2C1. The molecule has 2 aromatic carbocycles. The van der Waals surface area contributed by atoms with Crippen molar-refractivity contribution in [1.82, 2.24) is 10.0 Å². The number of nitro benzene ring substituents is 1. The summed E-state index contributed by atoms with van der Waals surface area (Å²) in [6, 6.07) is 14.5. The van der Waals surface area contributed by atoms with E-state index in [2.05, 4.69) is 0 Å². The lowest BCUT2D eigenvalue weighted by atomic mass is 9.85. The average Bonchev–Trinajstić information content (AvgIpc) is 3.46. The Morgan fingerprint density at radius 2 is 1.55 bits per heavy atom. The van der Waals surface area contributed by atoms with E-state index in [0.717, 1.165) is 16.4 Å².